The Labute approximate surface area is 151 Å². The van der Waals surface area contributed by atoms with E-state index in [2.05, 4.69) is 64.7 Å². The predicted molar refractivity (Wildman–Crippen MR) is 104 cm³/mol. The standard InChI is InChI=1S/C20H34N2OS/c1-8-9-10-22(18(23)17-11-14(2)24-15(17)3)16-12-19(4,5)21-20(6,7)13-16/h11,16,21H,8-10,12-13H2,1-7H3. The lowest BCUT2D eigenvalue weighted by Gasteiger charge is -2.49. The highest BCUT2D eigenvalue weighted by molar-refractivity contribution is 7.12. The number of piperidine rings is 1. The Balaban J connectivity index is 2.30. The third kappa shape index (κ3) is 4.60. The summed E-state index contributed by atoms with van der Waals surface area (Å²) in [5.74, 6) is 0.226. The van der Waals surface area contributed by atoms with Crippen LogP contribution in [-0.2, 0) is 0 Å². The molecule has 1 N–H and O–H groups in total. The van der Waals surface area contributed by atoms with Crippen molar-refractivity contribution < 1.29 is 4.79 Å². The van der Waals surface area contributed by atoms with Crippen LogP contribution in [0.15, 0.2) is 6.07 Å². The molecule has 0 spiro atoms. The van der Waals surface area contributed by atoms with Gasteiger partial charge in [0.1, 0.15) is 0 Å². The van der Waals surface area contributed by atoms with Crippen molar-refractivity contribution >= 4 is 17.2 Å². The van der Waals surface area contributed by atoms with Crippen LogP contribution in [0.1, 0.15) is 80.4 Å². The number of thiophene rings is 1. The molecule has 0 bridgehead atoms. The zero-order valence-corrected chi connectivity index (χ0v) is 17.3. The van der Waals surface area contributed by atoms with Gasteiger partial charge in [0.15, 0.2) is 0 Å². The molecule has 3 nitrogen and oxygen atoms in total. The summed E-state index contributed by atoms with van der Waals surface area (Å²) in [5.41, 5.74) is 1.01. The largest absolute Gasteiger partial charge is 0.335 e. The van der Waals surface area contributed by atoms with Crippen molar-refractivity contribution in [1.82, 2.24) is 10.2 Å². The molecule has 1 fully saturated rings. The number of nitrogens with zero attached hydrogens (tertiary/aromatic N) is 1. The van der Waals surface area contributed by atoms with Gasteiger partial charge in [0.05, 0.1) is 5.56 Å². The molecule has 0 saturated carbocycles. The molecule has 24 heavy (non-hydrogen) atoms. The predicted octanol–water partition coefficient (Wildman–Crippen LogP) is 4.92. The quantitative estimate of drug-likeness (QED) is 0.818. The minimum Gasteiger partial charge on any atom is -0.335 e. The van der Waals surface area contributed by atoms with Gasteiger partial charge in [-0.2, -0.15) is 0 Å². The molecule has 1 saturated heterocycles. The lowest BCUT2D eigenvalue weighted by Crippen LogP contribution is -2.62. The van der Waals surface area contributed by atoms with E-state index in [0.29, 0.717) is 6.04 Å². The van der Waals surface area contributed by atoms with Gasteiger partial charge in [-0.05, 0) is 66.9 Å². The average Bonchev–Trinajstić information content (AvgIpc) is 2.74. The Morgan fingerprint density at radius 3 is 2.29 bits per heavy atom. The van der Waals surface area contributed by atoms with E-state index in [-0.39, 0.29) is 17.0 Å². The van der Waals surface area contributed by atoms with Gasteiger partial charge in [0.25, 0.3) is 5.91 Å². The summed E-state index contributed by atoms with van der Waals surface area (Å²) in [6.45, 7) is 16.2. The number of amides is 1. The molecule has 136 valence electrons. The van der Waals surface area contributed by atoms with Crippen molar-refractivity contribution in [2.75, 3.05) is 6.54 Å². The van der Waals surface area contributed by atoms with E-state index in [1.165, 1.54) is 4.88 Å². The fourth-order valence-electron chi connectivity index (χ4n) is 4.27. The minimum atomic E-state index is 0.0524. The molecule has 1 aliphatic rings. The molecule has 0 aromatic carbocycles. The number of hydrogen-bond donors (Lipinski definition) is 1. The first-order valence-corrected chi connectivity index (χ1v) is 10.0. The highest BCUT2D eigenvalue weighted by Gasteiger charge is 2.41. The Morgan fingerprint density at radius 2 is 1.83 bits per heavy atom. The number of nitrogens with one attached hydrogen (secondary N) is 1. The molecule has 1 aromatic rings. The molecule has 1 aliphatic heterocycles. The second-order valence-corrected chi connectivity index (χ2v) is 10.1. The summed E-state index contributed by atoms with van der Waals surface area (Å²) in [6.07, 6.45) is 4.20. The highest BCUT2D eigenvalue weighted by Crippen LogP contribution is 2.33. The van der Waals surface area contributed by atoms with Crippen molar-refractivity contribution in [3.05, 3.63) is 21.4 Å². The van der Waals surface area contributed by atoms with Gasteiger partial charge in [-0.15, -0.1) is 11.3 Å². The van der Waals surface area contributed by atoms with E-state index >= 15 is 0 Å². The fourth-order valence-corrected chi connectivity index (χ4v) is 5.18. The average molecular weight is 351 g/mol. The third-order valence-corrected chi connectivity index (χ3v) is 5.86. The smallest absolute Gasteiger partial charge is 0.255 e. The van der Waals surface area contributed by atoms with E-state index < -0.39 is 0 Å². The molecule has 2 heterocycles. The maximum absolute atomic E-state index is 13.3. The van der Waals surface area contributed by atoms with E-state index in [9.17, 15) is 4.79 Å². The van der Waals surface area contributed by atoms with Crippen LogP contribution in [0.2, 0.25) is 0 Å². The number of carbonyl (C=O) groups excluding carboxylic acids is 1. The normalized spacial score (nSPS) is 20.1. The molecule has 0 radical (unpaired) electrons. The lowest BCUT2D eigenvalue weighted by atomic mass is 9.78. The third-order valence-electron chi connectivity index (χ3n) is 4.89. The van der Waals surface area contributed by atoms with E-state index in [4.69, 9.17) is 0 Å². The second-order valence-electron chi connectivity index (χ2n) is 8.63. The molecule has 1 amide bonds. The van der Waals surface area contributed by atoms with Crippen LogP contribution in [0.4, 0.5) is 0 Å². The topological polar surface area (TPSA) is 32.3 Å². The van der Waals surface area contributed by atoms with Crippen LogP contribution in [0.3, 0.4) is 0 Å². The monoisotopic (exact) mass is 350 g/mol. The van der Waals surface area contributed by atoms with Crippen LogP contribution in [0.5, 0.6) is 0 Å². The number of aryl methyl sites for hydroxylation is 2. The highest BCUT2D eigenvalue weighted by atomic mass is 32.1. The molecule has 0 unspecified atom stereocenters. The van der Waals surface area contributed by atoms with Gasteiger partial charge in [0.2, 0.25) is 0 Å². The molecule has 0 aliphatic carbocycles. The van der Waals surface area contributed by atoms with Gasteiger partial charge in [-0.3, -0.25) is 4.79 Å². The maximum atomic E-state index is 13.3. The number of hydrogen-bond acceptors (Lipinski definition) is 3. The Bertz CT molecular complexity index is 572. The van der Waals surface area contributed by atoms with Crippen molar-refractivity contribution in [1.29, 1.82) is 0 Å². The van der Waals surface area contributed by atoms with Crippen molar-refractivity contribution in [2.45, 2.75) is 91.3 Å². The number of rotatable bonds is 5. The summed E-state index contributed by atoms with van der Waals surface area (Å²) >= 11 is 1.73. The zero-order chi connectivity index (χ0) is 18.1. The number of unbranched alkanes of at least 4 members (excludes halogenated alkanes) is 1. The summed E-state index contributed by atoms with van der Waals surface area (Å²) in [6, 6.07) is 2.37. The van der Waals surface area contributed by atoms with Gasteiger partial charge < -0.3 is 10.2 Å². The van der Waals surface area contributed by atoms with Gasteiger partial charge >= 0.3 is 0 Å². The van der Waals surface area contributed by atoms with Crippen molar-refractivity contribution in [2.24, 2.45) is 0 Å². The summed E-state index contributed by atoms with van der Waals surface area (Å²) in [7, 11) is 0. The van der Waals surface area contributed by atoms with Crippen LogP contribution in [0.25, 0.3) is 0 Å². The molecular formula is C20H34N2OS. The molecule has 0 atom stereocenters. The molecular weight excluding hydrogens is 316 g/mol. The first kappa shape index (κ1) is 19.5. The van der Waals surface area contributed by atoms with Crippen LogP contribution < -0.4 is 5.32 Å². The van der Waals surface area contributed by atoms with Crippen LogP contribution in [-0.4, -0.2) is 34.5 Å². The maximum Gasteiger partial charge on any atom is 0.255 e. The van der Waals surface area contributed by atoms with E-state index in [1.807, 2.05) is 0 Å². The number of carbonyl (C=O) groups is 1. The summed E-state index contributed by atoms with van der Waals surface area (Å²) < 4.78 is 0. The van der Waals surface area contributed by atoms with Gasteiger partial charge in [-0.1, -0.05) is 13.3 Å². The van der Waals surface area contributed by atoms with Gasteiger partial charge in [0, 0.05) is 33.4 Å². The summed E-state index contributed by atoms with van der Waals surface area (Å²) in [5, 5.41) is 3.73. The Hall–Kier alpha value is -0.870. The molecule has 4 heteroatoms. The van der Waals surface area contributed by atoms with E-state index in [0.717, 1.165) is 42.7 Å². The second kappa shape index (κ2) is 7.17. The van der Waals surface area contributed by atoms with Crippen molar-refractivity contribution in [3.63, 3.8) is 0 Å². The SMILES string of the molecule is CCCCN(C(=O)c1cc(C)sc1C)C1CC(C)(C)NC(C)(C)C1. The fraction of sp³-hybridized carbons (Fsp3) is 0.750. The molecule has 2 rings (SSSR count). The Morgan fingerprint density at radius 1 is 1.25 bits per heavy atom. The van der Waals surface area contributed by atoms with E-state index in [1.54, 1.807) is 11.3 Å². The van der Waals surface area contributed by atoms with Crippen LogP contribution >= 0.6 is 11.3 Å². The molecule has 1 aromatic heterocycles. The zero-order valence-electron chi connectivity index (χ0n) is 16.5. The minimum absolute atomic E-state index is 0.0524. The van der Waals surface area contributed by atoms with Crippen molar-refractivity contribution in [3.8, 4) is 0 Å². The lowest BCUT2D eigenvalue weighted by molar-refractivity contribution is 0.0441. The van der Waals surface area contributed by atoms with Gasteiger partial charge in [-0.25, -0.2) is 0 Å². The summed E-state index contributed by atoms with van der Waals surface area (Å²) in [4.78, 5) is 17.9. The first-order valence-electron chi connectivity index (χ1n) is 9.22. The van der Waals surface area contributed by atoms with Crippen LogP contribution in [0, 0.1) is 13.8 Å². The Kier molecular flexibility index (Phi) is 5.81. The first-order chi connectivity index (χ1) is 11.0.